The van der Waals surface area contributed by atoms with E-state index >= 15 is 0 Å². The fraction of sp³-hybridized carbons (Fsp3) is 0.294. The summed E-state index contributed by atoms with van der Waals surface area (Å²) < 4.78 is 20.6. The molecule has 1 aliphatic heterocycles. The van der Waals surface area contributed by atoms with E-state index in [9.17, 15) is 14.4 Å². The molecule has 0 unspecified atom stereocenters. The fourth-order valence-electron chi connectivity index (χ4n) is 5.51. The van der Waals surface area contributed by atoms with Gasteiger partial charge in [0, 0.05) is 22.6 Å². The van der Waals surface area contributed by atoms with Crippen molar-refractivity contribution in [3.63, 3.8) is 0 Å². The van der Waals surface area contributed by atoms with Gasteiger partial charge in [-0.05, 0) is 89.6 Å². The number of para-hydroxylation sites is 1. The largest absolute Gasteiger partial charge is 0.494 e. The number of carbonyl (C=O) groups excluding carboxylic acids is 2. The molecule has 0 fully saturated rings. The van der Waals surface area contributed by atoms with Crippen molar-refractivity contribution in [1.29, 1.82) is 0 Å². The zero-order valence-electron chi connectivity index (χ0n) is 25.7. The van der Waals surface area contributed by atoms with Crippen LogP contribution < -0.4 is 19.6 Å². The molecule has 228 valence electrons. The molecule has 10 heteroatoms. The Hall–Kier alpha value is -4.70. The highest BCUT2D eigenvalue weighted by Crippen LogP contribution is 2.36. The number of rotatable bonds is 9. The Labute approximate surface area is 259 Å². The molecule has 9 nitrogen and oxygen atoms in total. The summed E-state index contributed by atoms with van der Waals surface area (Å²) in [6.07, 6.45) is 1.87. The van der Waals surface area contributed by atoms with Gasteiger partial charge in [0.25, 0.3) is 5.56 Å². The molecule has 1 aliphatic rings. The molecule has 0 spiro atoms. The van der Waals surface area contributed by atoms with Gasteiger partial charge in [-0.25, -0.2) is 14.6 Å². The SMILES string of the molecule is CCOC(=O)C1=C(C)N=c2s/c(=C\c3cc(C)n(-c4ccc(C(=O)OCC)cc4)c3C)c(=O)n2[C@H]1c1ccccc1OCC. The minimum absolute atomic E-state index is 0.195. The summed E-state index contributed by atoms with van der Waals surface area (Å²) in [5, 5.41) is 0. The minimum Gasteiger partial charge on any atom is -0.494 e. The minimum atomic E-state index is -0.763. The Morgan fingerprint density at radius 3 is 2.30 bits per heavy atom. The van der Waals surface area contributed by atoms with Gasteiger partial charge in [0.15, 0.2) is 4.80 Å². The van der Waals surface area contributed by atoms with Gasteiger partial charge in [-0.15, -0.1) is 0 Å². The number of hydrogen-bond donors (Lipinski definition) is 0. The van der Waals surface area contributed by atoms with Crippen molar-refractivity contribution in [2.45, 2.75) is 47.6 Å². The molecule has 2 aromatic heterocycles. The van der Waals surface area contributed by atoms with Crippen molar-refractivity contribution in [3.05, 3.63) is 114 Å². The molecule has 5 rings (SSSR count). The fourth-order valence-corrected chi connectivity index (χ4v) is 6.55. The number of ether oxygens (including phenoxy) is 3. The van der Waals surface area contributed by atoms with Crippen LogP contribution in [0, 0.1) is 13.8 Å². The van der Waals surface area contributed by atoms with Crippen LogP contribution in [-0.2, 0) is 14.3 Å². The summed E-state index contributed by atoms with van der Waals surface area (Å²) in [6.45, 7) is 12.1. The standard InChI is InChI=1S/C34H35N3O6S/c1-7-41-27-13-11-10-12-26(27)30-29(33(40)43-9-3)21(5)35-34-37(30)31(38)28(44-34)19-24-18-20(4)36(22(24)6)25-16-14-23(15-17-25)32(39)42-8-2/h10-19,30H,7-9H2,1-6H3/b28-19-/t30-/m0/s1. The molecule has 3 heterocycles. The van der Waals surface area contributed by atoms with Crippen LogP contribution >= 0.6 is 11.3 Å². The van der Waals surface area contributed by atoms with Crippen molar-refractivity contribution in [2.24, 2.45) is 4.99 Å². The lowest BCUT2D eigenvalue weighted by molar-refractivity contribution is -0.139. The van der Waals surface area contributed by atoms with E-state index in [1.807, 2.05) is 69.3 Å². The van der Waals surface area contributed by atoms with E-state index < -0.39 is 12.0 Å². The van der Waals surface area contributed by atoms with Crippen LogP contribution in [0.1, 0.15) is 66.6 Å². The van der Waals surface area contributed by atoms with Gasteiger partial charge >= 0.3 is 11.9 Å². The van der Waals surface area contributed by atoms with E-state index in [0.29, 0.717) is 50.7 Å². The second kappa shape index (κ2) is 12.9. The van der Waals surface area contributed by atoms with Gasteiger partial charge < -0.3 is 18.8 Å². The topological polar surface area (TPSA) is 101 Å². The number of esters is 2. The van der Waals surface area contributed by atoms with E-state index in [1.165, 1.54) is 11.3 Å². The van der Waals surface area contributed by atoms with Crippen LogP contribution in [0.3, 0.4) is 0 Å². The van der Waals surface area contributed by atoms with Crippen LogP contribution in [-0.4, -0.2) is 40.9 Å². The van der Waals surface area contributed by atoms with E-state index in [-0.39, 0.29) is 18.1 Å². The highest BCUT2D eigenvalue weighted by atomic mass is 32.1. The number of aromatic nitrogens is 2. The van der Waals surface area contributed by atoms with Crippen LogP contribution in [0.4, 0.5) is 0 Å². The summed E-state index contributed by atoms with van der Waals surface area (Å²) in [5.41, 5.74) is 5.36. The molecule has 0 aliphatic carbocycles. The second-order valence-electron chi connectivity index (χ2n) is 10.2. The molecule has 0 saturated heterocycles. The third kappa shape index (κ3) is 5.65. The van der Waals surface area contributed by atoms with Crippen molar-refractivity contribution < 1.29 is 23.8 Å². The molecule has 2 aromatic carbocycles. The van der Waals surface area contributed by atoms with Crippen LogP contribution in [0.2, 0.25) is 0 Å². The first-order valence-electron chi connectivity index (χ1n) is 14.6. The molecule has 0 bridgehead atoms. The quantitative estimate of drug-likeness (QED) is 0.252. The third-order valence-corrected chi connectivity index (χ3v) is 8.41. The molecule has 1 atom stereocenters. The van der Waals surface area contributed by atoms with Gasteiger partial charge in [-0.2, -0.15) is 0 Å². The number of aryl methyl sites for hydroxylation is 1. The number of fused-ring (bicyclic) bond motifs is 1. The number of thiazole rings is 1. The highest BCUT2D eigenvalue weighted by Gasteiger charge is 2.35. The summed E-state index contributed by atoms with van der Waals surface area (Å²) in [7, 11) is 0. The van der Waals surface area contributed by atoms with Crippen molar-refractivity contribution >= 4 is 29.4 Å². The summed E-state index contributed by atoms with van der Waals surface area (Å²) in [6, 6.07) is 15.9. The number of nitrogens with zero attached hydrogens (tertiary/aromatic N) is 3. The molecule has 0 N–H and O–H groups in total. The predicted octanol–water partition coefficient (Wildman–Crippen LogP) is 4.78. The van der Waals surface area contributed by atoms with Crippen LogP contribution in [0.15, 0.2) is 75.7 Å². The second-order valence-corrected chi connectivity index (χ2v) is 11.2. The first-order chi connectivity index (χ1) is 21.2. The number of benzene rings is 2. The summed E-state index contributed by atoms with van der Waals surface area (Å²) in [4.78, 5) is 44.7. The molecular weight excluding hydrogens is 578 g/mol. The number of carbonyl (C=O) groups is 2. The van der Waals surface area contributed by atoms with Crippen molar-refractivity contribution in [2.75, 3.05) is 19.8 Å². The average molecular weight is 614 g/mol. The summed E-state index contributed by atoms with van der Waals surface area (Å²) in [5.74, 6) is -0.292. The predicted molar refractivity (Wildman–Crippen MR) is 169 cm³/mol. The number of hydrogen-bond acceptors (Lipinski definition) is 8. The van der Waals surface area contributed by atoms with E-state index in [4.69, 9.17) is 14.2 Å². The lowest BCUT2D eigenvalue weighted by Crippen LogP contribution is -2.40. The third-order valence-electron chi connectivity index (χ3n) is 7.42. The van der Waals surface area contributed by atoms with Gasteiger partial charge in [0.1, 0.15) is 11.8 Å². The Kier molecular flexibility index (Phi) is 9.01. The zero-order valence-corrected chi connectivity index (χ0v) is 26.5. The van der Waals surface area contributed by atoms with Gasteiger partial charge in [0.2, 0.25) is 0 Å². The zero-order chi connectivity index (χ0) is 31.5. The van der Waals surface area contributed by atoms with Gasteiger partial charge in [-0.1, -0.05) is 29.5 Å². The number of allylic oxidation sites excluding steroid dienone is 1. The molecule has 0 radical (unpaired) electrons. The molecule has 4 aromatic rings. The average Bonchev–Trinajstić information content (AvgIpc) is 3.46. The Morgan fingerprint density at radius 1 is 0.932 bits per heavy atom. The van der Waals surface area contributed by atoms with Crippen LogP contribution in [0.25, 0.3) is 11.8 Å². The van der Waals surface area contributed by atoms with Gasteiger partial charge in [0.05, 0.1) is 41.2 Å². The molecule has 0 saturated carbocycles. The van der Waals surface area contributed by atoms with Gasteiger partial charge in [-0.3, -0.25) is 9.36 Å². The molecular formula is C34H35N3O6S. The Morgan fingerprint density at radius 2 is 1.61 bits per heavy atom. The van der Waals surface area contributed by atoms with Crippen molar-refractivity contribution in [3.8, 4) is 11.4 Å². The van der Waals surface area contributed by atoms with E-state index in [0.717, 1.165) is 22.6 Å². The normalized spacial score (nSPS) is 14.7. The first kappa shape index (κ1) is 30.7. The Bertz CT molecular complexity index is 1950. The lowest BCUT2D eigenvalue weighted by atomic mass is 9.95. The monoisotopic (exact) mass is 613 g/mol. The maximum atomic E-state index is 14.1. The first-order valence-corrected chi connectivity index (χ1v) is 15.4. The van der Waals surface area contributed by atoms with E-state index in [1.54, 1.807) is 37.5 Å². The van der Waals surface area contributed by atoms with Crippen LogP contribution in [0.5, 0.6) is 5.75 Å². The van der Waals surface area contributed by atoms with E-state index in [2.05, 4.69) is 9.56 Å². The molecule has 44 heavy (non-hydrogen) atoms. The smallest absolute Gasteiger partial charge is 0.338 e. The maximum absolute atomic E-state index is 14.1. The summed E-state index contributed by atoms with van der Waals surface area (Å²) >= 11 is 1.28. The Balaban J connectivity index is 1.64. The highest BCUT2D eigenvalue weighted by molar-refractivity contribution is 7.07. The maximum Gasteiger partial charge on any atom is 0.338 e. The molecule has 0 amide bonds. The lowest BCUT2D eigenvalue weighted by Gasteiger charge is -2.26. The van der Waals surface area contributed by atoms with Crippen molar-refractivity contribution in [1.82, 2.24) is 9.13 Å².